The topological polar surface area (TPSA) is 85.9 Å². The first-order valence-electron chi connectivity index (χ1n) is 6.92. The van der Waals surface area contributed by atoms with Crippen LogP contribution < -0.4 is 20.1 Å². The molecule has 8 heteroatoms. The van der Waals surface area contributed by atoms with Crippen molar-refractivity contribution in [2.45, 2.75) is 12.5 Å². The molecule has 0 bridgehead atoms. The Morgan fingerprint density at radius 1 is 1.22 bits per heavy atom. The van der Waals surface area contributed by atoms with Crippen LogP contribution in [-0.4, -0.2) is 51.4 Å². The number of rotatable bonds is 8. The maximum Gasteiger partial charge on any atom is 0.328 e. The molecule has 0 heterocycles. The van der Waals surface area contributed by atoms with Gasteiger partial charge in [0.15, 0.2) is 0 Å². The van der Waals surface area contributed by atoms with Gasteiger partial charge in [0.1, 0.15) is 17.5 Å². The number of esters is 1. The summed E-state index contributed by atoms with van der Waals surface area (Å²) >= 11 is 1.59. The minimum atomic E-state index is -0.698. The summed E-state index contributed by atoms with van der Waals surface area (Å²) in [5.41, 5.74) is 0.472. The second kappa shape index (κ2) is 9.83. The number of carbonyl (C=O) groups excluding carboxylic acids is 2. The van der Waals surface area contributed by atoms with Crippen LogP contribution in [0.3, 0.4) is 0 Å². The summed E-state index contributed by atoms with van der Waals surface area (Å²) < 4.78 is 15.0. The van der Waals surface area contributed by atoms with Crippen LogP contribution in [0, 0.1) is 0 Å². The van der Waals surface area contributed by atoms with Crippen molar-refractivity contribution in [3.8, 4) is 11.5 Å². The predicted octanol–water partition coefficient (Wildman–Crippen LogP) is 2.12. The fourth-order valence-corrected chi connectivity index (χ4v) is 2.32. The summed E-state index contributed by atoms with van der Waals surface area (Å²) in [7, 11) is 4.33. The summed E-state index contributed by atoms with van der Waals surface area (Å²) in [4.78, 5) is 23.8. The van der Waals surface area contributed by atoms with E-state index >= 15 is 0 Å². The van der Waals surface area contributed by atoms with Crippen molar-refractivity contribution in [1.82, 2.24) is 5.32 Å². The van der Waals surface area contributed by atoms with Crippen LogP contribution in [0.15, 0.2) is 18.2 Å². The monoisotopic (exact) mass is 342 g/mol. The van der Waals surface area contributed by atoms with Gasteiger partial charge in [-0.25, -0.2) is 9.59 Å². The van der Waals surface area contributed by atoms with Crippen LogP contribution in [-0.2, 0) is 9.53 Å². The summed E-state index contributed by atoms with van der Waals surface area (Å²) in [5.74, 6) is 1.32. The SMILES string of the molecule is COC(=O)[C@H](CCSC)NC(=O)Nc1ccc(OC)cc1OC. The molecule has 1 aromatic rings. The van der Waals surface area contributed by atoms with Crippen LogP contribution in [0.5, 0.6) is 11.5 Å². The molecule has 0 aliphatic heterocycles. The third-order valence-corrected chi connectivity index (χ3v) is 3.70. The van der Waals surface area contributed by atoms with Gasteiger partial charge in [0.25, 0.3) is 0 Å². The lowest BCUT2D eigenvalue weighted by molar-refractivity contribution is -0.142. The van der Waals surface area contributed by atoms with Crippen LogP contribution in [0.4, 0.5) is 10.5 Å². The molecule has 0 saturated heterocycles. The number of thioether (sulfide) groups is 1. The molecule has 2 amide bonds. The molecule has 1 rings (SSSR count). The molecule has 0 fully saturated rings. The molecule has 0 unspecified atom stereocenters. The quantitative estimate of drug-likeness (QED) is 0.704. The van der Waals surface area contributed by atoms with Gasteiger partial charge in [-0.1, -0.05) is 0 Å². The second-order valence-corrected chi connectivity index (χ2v) is 5.51. The maximum atomic E-state index is 12.1. The van der Waals surface area contributed by atoms with Crippen LogP contribution in [0.25, 0.3) is 0 Å². The first-order valence-corrected chi connectivity index (χ1v) is 8.31. The highest BCUT2D eigenvalue weighted by Gasteiger charge is 2.21. The molecule has 2 N–H and O–H groups in total. The number of benzene rings is 1. The number of nitrogens with one attached hydrogen (secondary N) is 2. The molecule has 0 aliphatic carbocycles. The van der Waals surface area contributed by atoms with Crippen LogP contribution in [0.1, 0.15) is 6.42 Å². The summed E-state index contributed by atoms with van der Waals surface area (Å²) in [5, 5.41) is 5.26. The van der Waals surface area contributed by atoms with E-state index in [9.17, 15) is 9.59 Å². The number of ether oxygens (including phenoxy) is 3. The largest absolute Gasteiger partial charge is 0.497 e. The van der Waals surface area contributed by atoms with Gasteiger partial charge in [-0.3, -0.25) is 0 Å². The van der Waals surface area contributed by atoms with Crippen molar-refractivity contribution in [1.29, 1.82) is 0 Å². The average molecular weight is 342 g/mol. The Bertz CT molecular complexity index is 539. The number of methoxy groups -OCH3 is 3. The summed E-state index contributed by atoms with van der Waals surface area (Å²) in [6.45, 7) is 0. The van der Waals surface area contributed by atoms with Crippen LogP contribution in [0.2, 0.25) is 0 Å². The molecule has 1 aromatic carbocycles. The highest BCUT2D eigenvalue weighted by atomic mass is 32.2. The van der Waals surface area contributed by atoms with Crippen molar-refractivity contribution in [2.75, 3.05) is 38.7 Å². The standard InChI is InChI=1S/C15H22N2O5S/c1-20-10-5-6-11(13(9-10)21-2)16-15(19)17-12(7-8-23-4)14(18)22-3/h5-6,9,12H,7-8H2,1-4H3,(H2,16,17,19)/t12-/m0/s1. The van der Waals surface area contributed by atoms with Gasteiger partial charge in [-0.2, -0.15) is 11.8 Å². The molecule has 7 nitrogen and oxygen atoms in total. The number of amides is 2. The van der Waals surface area contributed by atoms with Crippen molar-refractivity contribution in [3.63, 3.8) is 0 Å². The Balaban J connectivity index is 2.75. The zero-order chi connectivity index (χ0) is 17.2. The Morgan fingerprint density at radius 3 is 2.52 bits per heavy atom. The molecule has 0 spiro atoms. The zero-order valence-corrected chi connectivity index (χ0v) is 14.5. The number of urea groups is 1. The predicted molar refractivity (Wildman–Crippen MR) is 90.5 cm³/mol. The minimum Gasteiger partial charge on any atom is -0.497 e. The van der Waals surface area contributed by atoms with Crippen molar-refractivity contribution in [3.05, 3.63) is 18.2 Å². The number of anilines is 1. The van der Waals surface area contributed by atoms with Crippen LogP contribution >= 0.6 is 11.8 Å². The molecule has 23 heavy (non-hydrogen) atoms. The number of hydrogen-bond donors (Lipinski definition) is 2. The highest BCUT2D eigenvalue weighted by molar-refractivity contribution is 7.98. The summed E-state index contributed by atoms with van der Waals surface area (Å²) in [6.07, 6.45) is 2.41. The Morgan fingerprint density at radius 2 is 1.96 bits per heavy atom. The van der Waals surface area contributed by atoms with E-state index in [0.717, 1.165) is 5.75 Å². The van der Waals surface area contributed by atoms with Gasteiger partial charge in [-0.15, -0.1) is 0 Å². The Labute approximate surface area is 140 Å². The van der Waals surface area contributed by atoms with Gasteiger partial charge < -0.3 is 24.8 Å². The second-order valence-electron chi connectivity index (χ2n) is 4.52. The third-order valence-electron chi connectivity index (χ3n) is 3.06. The van der Waals surface area contributed by atoms with E-state index in [2.05, 4.69) is 10.6 Å². The molecule has 0 aromatic heterocycles. The van der Waals surface area contributed by atoms with Crippen molar-refractivity contribution >= 4 is 29.4 Å². The van der Waals surface area contributed by atoms with Gasteiger partial charge in [0.05, 0.1) is 27.0 Å². The molecule has 1 atom stereocenters. The molecule has 128 valence electrons. The fourth-order valence-electron chi connectivity index (χ4n) is 1.85. The Kier molecular flexibility index (Phi) is 8.10. The fraction of sp³-hybridized carbons (Fsp3) is 0.467. The van der Waals surface area contributed by atoms with Crippen molar-refractivity contribution < 1.29 is 23.8 Å². The summed E-state index contributed by atoms with van der Waals surface area (Å²) in [6, 6.07) is 3.80. The molecular weight excluding hydrogens is 320 g/mol. The van der Waals surface area contributed by atoms with E-state index < -0.39 is 18.0 Å². The first kappa shape index (κ1) is 19.0. The lowest BCUT2D eigenvalue weighted by atomic mass is 10.2. The maximum absolute atomic E-state index is 12.1. The zero-order valence-electron chi connectivity index (χ0n) is 13.7. The molecule has 0 aliphatic rings. The van der Waals surface area contributed by atoms with E-state index in [1.54, 1.807) is 37.1 Å². The van der Waals surface area contributed by atoms with E-state index in [1.165, 1.54) is 14.2 Å². The van der Waals surface area contributed by atoms with Gasteiger partial charge in [-0.05, 0) is 30.6 Å². The average Bonchev–Trinajstić information content (AvgIpc) is 2.58. The van der Waals surface area contributed by atoms with E-state index in [4.69, 9.17) is 14.2 Å². The first-order chi connectivity index (χ1) is 11.0. The van der Waals surface area contributed by atoms with Gasteiger partial charge >= 0.3 is 12.0 Å². The van der Waals surface area contributed by atoms with E-state index in [-0.39, 0.29) is 0 Å². The minimum absolute atomic E-state index is 0.457. The molecular formula is C15H22N2O5S. The van der Waals surface area contributed by atoms with Gasteiger partial charge in [0, 0.05) is 6.07 Å². The lowest BCUT2D eigenvalue weighted by Gasteiger charge is -2.17. The third kappa shape index (κ3) is 5.90. The Hall–Kier alpha value is -2.09. The molecule has 0 radical (unpaired) electrons. The van der Waals surface area contributed by atoms with E-state index in [1.807, 2.05) is 6.26 Å². The van der Waals surface area contributed by atoms with Crippen molar-refractivity contribution in [2.24, 2.45) is 0 Å². The normalized spacial score (nSPS) is 11.3. The number of carbonyl (C=O) groups is 2. The number of hydrogen-bond acceptors (Lipinski definition) is 6. The van der Waals surface area contributed by atoms with Gasteiger partial charge in [0.2, 0.25) is 0 Å². The highest BCUT2D eigenvalue weighted by Crippen LogP contribution is 2.28. The molecule has 0 saturated carbocycles. The lowest BCUT2D eigenvalue weighted by Crippen LogP contribution is -2.44. The van der Waals surface area contributed by atoms with E-state index in [0.29, 0.717) is 23.6 Å². The smallest absolute Gasteiger partial charge is 0.328 e.